The number of hydrogen-bond acceptors (Lipinski definition) is 2. The molecule has 2 nitrogen and oxygen atoms in total. The van der Waals surface area contributed by atoms with E-state index in [0.717, 1.165) is 12.0 Å². The summed E-state index contributed by atoms with van der Waals surface area (Å²) < 4.78 is 0. The molecule has 1 atom stereocenters. The molecule has 0 radical (unpaired) electrons. The van der Waals surface area contributed by atoms with Crippen LogP contribution in [0.1, 0.15) is 12.5 Å². The molecule has 0 saturated heterocycles. The Bertz CT molecular complexity index is 235. The number of nitrogens with zero attached hydrogens (tertiary/aromatic N) is 1. The van der Waals surface area contributed by atoms with Crippen molar-refractivity contribution in [2.45, 2.75) is 19.4 Å². The molecule has 60 valence electrons. The lowest BCUT2D eigenvalue weighted by molar-refractivity contribution is 0.736. The lowest BCUT2D eigenvalue weighted by Gasteiger charge is -2.05. The predicted octanol–water partition coefficient (Wildman–Crippen LogP) is 1.62. The summed E-state index contributed by atoms with van der Waals surface area (Å²) in [6, 6.07) is 3.94. The highest BCUT2D eigenvalue weighted by molar-refractivity contribution is 6.30. The van der Waals surface area contributed by atoms with Crippen molar-refractivity contribution in [3.8, 4) is 0 Å². The van der Waals surface area contributed by atoms with Gasteiger partial charge in [0.25, 0.3) is 0 Å². The van der Waals surface area contributed by atoms with E-state index in [1.165, 1.54) is 0 Å². The highest BCUT2D eigenvalue weighted by atomic mass is 35.5. The molecule has 0 fully saturated rings. The number of hydrogen-bond donors (Lipinski definition) is 1. The largest absolute Gasteiger partial charge is 0.328 e. The fourth-order valence-corrected chi connectivity index (χ4v) is 1.11. The fourth-order valence-electron chi connectivity index (χ4n) is 0.918. The maximum atomic E-state index is 5.80. The van der Waals surface area contributed by atoms with Crippen LogP contribution in [0.15, 0.2) is 18.3 Å². The van der Waals surface area contributed by atoms with E-state index in [9.17, 15) is 0 Å². The van der Waals surface area contributed by atoms with E-state index < -0.39 is 0 Å². The summed E-state index contributed by atoms with van der Waals surface area (Å²) in [6.45, 7) is 1.95. The molecular formula is C8H11ClN2. The second-order valence-electron chi connectivity index (χ2n) is 2.63. The molecule has 1 rings (SSSR count). The van der Waals surface area contributed by atoms with Crippen LogP contribution < -0.4 is 5.73 Å². The zero-order valence-corrected chi connectivity index (χ0v) is 7.17. The Hall–Kier alpha value is -0.600. The molecule has 1 unspecified atom stereocenters. The molecule has 0 bridgehead atoms. The van der Waals surface area contributed by atoms with Crippen LogP contribution in [0.4, 0.5) is 0 Å². The van der Waals surface area contributed by atoms with Gasteiger partial charge in [0.2, 0.25) is 0 Å². The van der Waals surface area contributed by atoms with Crippen LogP contribution in [-0.4, -0.2) is 11.0 Å². The molecular weight excluding hydrogens is 160 g/mol. The van der Waals surface area contributed by atoms with Crippen molar-refractivity contribution in [1.29, 1.82) is 0 Å². The maximum absolute atomic E-state index is 5.80. The minimum Gasteiger partial charge on any atom is -0.328 e. The zero-order valence-electron chi connectivity index (χ0n) is 6.42. The van der Waals surface area contributed by atoms with E-state index >= 15 is 0 Å². The van der Waals surface area contributed by atoms with Gasteiger partial charge in [0.15, 0.2) is 0 Å². The van der Waals surface area contributed by atoms with Crippen LogP contribution in [0.3, 0.4) is 0 Å². The Labute approximate surface area is 71.4 Å². The van der Waals surface area contributed by atoms with Gasteiger partial charge in [-0.1, -0.05) is 17.7 Å². The minimum absolute atomic E-state index is 0.136. The smallest absolute Gasteiger partial charge is 0.132 e. The number of pyridine rings is 1. The maximum Gasteiger partial charge on any atom is 0.132 e. The van der Waals surface area contributed by atoms with Crippen LogP contribution in [0, 0.1) is 0 Å². The van der Waals surface area contributed by atoms with Crippen LogP contribution in [0.2, 0.25) is 5.15 Å². The second-order valence-corrected chi connectivity index (χ2v) is 2.99. The van der Waals surface area contributed by atoms with Gasteiger partial charge in [-0.2, -0.15) is 0 Å². The molecule has 0 aliphatic carbocycles. The van der Waals surface area contributed by atoms with E-state index in [1.54, 1.807) is 6.20 Å². The van der Waals surface area contributed by atoms with Crippen LogP contribution >= 0.6 is 11.6 Å². The molecule has 0 aliphatic heterocycles. The second kappa shape index (κ2) is 3.69. The van der Waals surface area contributed by atoms with Crippen LogP contribution in [-0.2, 0) is 6.42 Å². The topological polar surface area (TPSA) is 38.9 Å². The van der Waals surface area contributed by atoms with Crippen molar-refractivity contribution < 1.29 is 0 Å². The van der Waals surface area contributed by atoms with E-state index in [1.807, 2.05) is 19.1 Å². The van der Waals surface area contributed by atoms with Crippen molar-refractivity contribution in [3.05, 3.63) is 29.0 Å². The van der Waals surface area contributed by atoms with Gasteiger partial charge in [-0.25, -0.2) is 4.98 Å². The van der Waals surface area contributed by atoms with Gasteiger partial charge in [-0.15, -0.1) is 0 Å². The Morgan fingerprint density at radius 1 is 1.73 bits per heavy atom. The Morgan fingerprint density at radius 3 is 3.00 bits per heavy atom. The first kappa shape index (κ1) is 8.50. The lowest BCUT2D eigenvalue weighted by Crippen LogP contribution is -2.18. The number of nitrogens with two attached hydrogens (primary N) is 1. The molecule has 1 aromatic rings. The highest BCUT2D eigenvalue weighted by Crippen LogP contribution is 2.12. The zero-order chi connectivity index (χ0) is 8.27. The Balaban J connectivity index is 2.78. The molecule has 0 saturated carbocycles. The molecule has 2 N–H and O–H groups in total. The van der Waals surface area contributed by atoms with E-state index in [4.69, 9.17) is 17.3 Å². The van der Waals surface area contributed by atoms with Crippen molar-refractivity contribution in [1.82, 2.24) is 4.98 Å². The molecule has 0 aromatic carbocycles. The Kier molecular flexibility index (Phi) is 2.85. The van der Waals surface area contributed by atoms with Crippen molar-refractivity contribution >= 4 is 11.6 Å². The predicted molar refractivity (Wildman–Crippen MR) is 46.6 cm³/mol. The normalized spacial score (nSPS) is 13.0. The molecule has 0 aliphatic rings. The summed E-state index contributed by atoms with van der Waals surface area (Å²) in [5.41, 5.74) is 6.62. The van der Waals surface area contributed by atoms with Gasteiger partial charge in [-0.3, -0.25) is 0 Å². The molecule has 1 heterocycles. The monoisotopic (exact) mass is 170 g/mol. The average molecular weight is 171 g/mol. The molecule has 0 spiro atoms. The summed E-state index contributed by atoms with van der Waals surface area (Å²) in [7, 11) is 0. The third-order valence-corrected chi connectivity index (χ3v) is 1.72. The third kappa shape index (κ3) is 2.48. The lowest BCUT2D eigenvalue weighted by atomic mass is 10.1. The average Bonchev–Trinajstić information content (AvgIpc) is 1.93. The summed E-state index contributed by atoms with van der Waals surface area (Å²) in [5, 5.41) is 0.560. The van der Waals surface area contributed by atoms with Crippen LogP contribution in [0.5, 0.6) is 0 Å². The molecule has 3 heteroatoms. The number of rotatable bonds is 2. The SMILES string of the molecule is CC(N)Cc1cccnc1Cl. The van der Waals surface area contributed by atoms with Gasteiger partial charge in [-0.05, 0) is 25.0 Å². The van der Waals surface area contributed by atoms with Crippen molar-refractivity contribution in [2.24, 2.45) is 5.73 Å². The van der Waals surface area contributed by atoms with Gasteiger partial charge in [0.05, 0.1) is 0 Å². The standard InChI is InChI=1S/C8H11ClN2/c1-6(10)5-7-3-2-4-11-8(7)9/h2-4,6H,5,10H2,1H3. The highest BCUT2D eigenvalue weighted by Gasteiger charge is 2.01. The summed E-state index contributed by atoms with van der Waals surface area (Å²) in [5.74, 6) is 0. The first-order valence-corrected chi connectivity index (χ1v) is 3.93. The number of halogens is 1. The summed E-state index contributed by atoms with van der Waals surface area (Å²) in [6.07, 6.45) is 2.46. The molecule has 0 amide bonds. The van der Waals surface area contributed by atoms with E-state index in [0.29, 0.717) is 5.15 Å². The third-order valence-electron chi connectivity index (χ3n) is 1.38. The number of aromatic nitrogens is 1. The van der Waals surface area contributed by atoms with Gasteiger partial charge in [0.1, 0.15) is 5.15 Å². The van der Waals surface area contributed by atoms with Gasteiger partial charge in [0, 0.05) is 12.2 Å². The van der Waals surface area contributed by atoms with E-state index in [-0.39, 0.29) is 6.04 Å². The van der Waals surface area contributed by atoms with Crippen molar-refractivity contribution in [2.75, 3.05) is 0 Å². The first-order chi connectivity index (χ1) is 5.20. The summed E-state index contributed by atoms with van der Waals surface area (Å²) in [4.78, 5) is 3.94. The molecule has 11 heavy (non-hydrogen) atoms. The summed E-state index contributed by atoms with van der Waals surface area (Å²) >= 11 is 5.80. The quantitative estimate of drug-likeness (QED) is 0.686. The molecule has 1 aromatic heterocycles. The fraction of sp³-hybridized carbons (Fsp3) is 0.375. The van der Waals surface area contributed by atoms with Gasteiger partial charge < -0.3 is 5.73 Å². The minimum atomic E-state index is 0.136. The first-order valence-electron chi connectivity index (χ1n) is 3.55. The van der Waals surface area contributed by atoms with E-state index in [2.05, 4.69) is 4.98 Å². The van der Waals surface area contributed by atoms with Crippen molar-refractivity contribution in [3.63, 3.8) is 0 Å². The van der Waals surface area contributed by atoms with Crippen LogP contribution in [0.25, 0.3) is 0 Å². The Morgan fingerprint density at radius 2 is 2.45 bits per heavy atom. The van der Waals surface area contributed by atoms with Gasteiger partial charge >= 0.3 is 0 Å².